The average Bonchev–Trinajstić information content (AvgIpc) is 2.29. The first-order valence-corrected chi connectivity index (χ1v) is 6.60. The van der Waals surface area contributed by atoms with Crippen molar-refractivity contribution in [2.75, 3.05) is 18.6 Å². The molecular formula is C13H18O2S. The Hall–Kier alpha value is -0.960. The summed E-state index contributed by atoms with van der Waals surface area (Å²) < 4.78 is 5.11. The van der Waals surface area contributed by atoms with E-state index in [4.69, 9.17) is 4.74 Å². The lowest BCUT2D eigenvalue weighted by Crippen LogP contribution is -2.05. The van der Waals surface area contributed by atoms with Crippen LogP contribution in [-0.2, 0) is 0 Å². The lowest BCUT2D eigenvalue weighted by Gasteiger charge is -2.06. The quantitative estimate of drug-likeness (QED) is 0.561. The molecule has 2 nitrogen and oxygen atoms in total. The topological polar surface area (TPSA) is 26.3 Å². The van der Waals surface area contributed by atoms with E-state index in [9.17, 15) is 4.79 Å². The second-order valence-electron chi connectivity index (χ2n) is 3.66. The zero-order valence-electron chi connectivity index (χ0n) is 10.1. The number of hydrogen-bond donors (Lipinski definition) is 0. The SMILES string of the molecule is CCCSCC(=O)c1ccc(OC)cc1C. The first-order chi connectivity index (χ1) is 7.69. The number of thioether (sulfide) groups is 1. The largest absolute Gasteiger partial charge is 0.497 e. The minimum atomic E-state index is 0.207. The van der Waals surface area contributed by atoms with Crippen molar-refractivity contribution in [2.45, 2.75) is 20.3 Å². The van der Waals surface area contributed by atoms with Crippen LogP contribution in [0.4, 0.5) is 0 Å². The molecule has 0 amide bonds. The summed E-state index contributed by atoms with van der Waals surface area (Å²) in [4.78, 5) is 11.9. The number of benzene rings is 1. The second kappa shape index (κ2) is 6.59. The third kappa shape index (κ3) is 3.56. The van der Waals surface area contributed by atoms with Crippen LogP contribution in [0.1, 0.15) is 29.3 Å². The minimum absolute atomic E-state index is 0.207. The zero-order valence-corrected chi connectivity index (χ0v) is 10.9. The summed E-state index contributed by atoms with van der Waals surface area (Å²) in [6.45, 7) is 4.07. The van der Waals surface area contributed by atoms with Gasteiger partial charge in [0.15, 0.2) is 5.78 Å². The molecule has 1 aromatic rings. The van der Waals surface area contributed by atoms with E-state index in [1.807, 2.05) is 25.1 Å². The summed E-state index contributed by atoms with van der Waals surface area (Å²) in [5.74, 6) is 2.62. The van der Waals surface area contributed by atoms with Crippen LogP contribution in [0.3, 0.4) is 0 Å². The van der Waals surface area contributed by atoms with Crippen LogP contribution >= 0.6 is 11.8 Å². The lowest BCUT2D eigenvalue weighted by molar-refractivity contribution is 0.102. The Kier molecular flexibility index (Phi) is 5.39. The molecule has 0 fully saturated rings. The zero-order chi connectivity index (χ0) is 12.0. The molecule has 0 aliphatic rings. The fourth-order valence-electron chi connectivity index (χ4n) is 1.46. The molecule has 0 bridgehead atoms. The van der Waals surface area contributed by atoms with Gasteiger partial charge in [-0.05, 0) is 42.9 Å². The molecule has 0 N–H and O–H groups in total. The molecule has 0 atom stereocenters. The van der Waals surface area contributed by atoms with E-state index in [0.717, 1.165) is 29.1 Å². The maximum atomic E-state index is 11.9. The average molecular weight is 238 g/mol. The molecule has 0 saturated heterocycles. The van der Waals surface area contributed by atoms with Crippen LogP contribution in [0, 0.1) is 6.92 Å². The number of ketones is 1. The van der Waals surface area contributed by atoms with Crippen LogP contribution < -0.4 is 4.74 Å². The molecule has 1 aromatic carbocycles. The molecular weight excluding hydrogens is 220 g/mol. The van der Waals surface area contributed by atoms with Crippen molar-refractivity contribution in [1.82, 2.24) is 0 Å². The van der Waals surface area contributed by atoms with Crippen molar-refractivity contribution in [1.29, 1.82) is 0 Å². The number of carbonyl (C=O) groups excluding carboxylic acids is 1. The first kappa shape index (κ1) is 13.1. The summed E-state index contributed by atoms with van der Waals surface area (Å²) in [6.07, 6.45) is 1.11. The Morgan fingerprint density at radius 3 is 2.75 bits per heavy atom. The van der Waals surface area contributed by atoms with Crippen molar-refractivity contribution < 1.29 is 9.53 Å². The normalized spacial score (nSPS) is 10.2. The van der Waals surface area contributed by atoms with E-state index in [0.29, 0.717) is 5.75 Å². The first-order valence-electron chi connectivity index (χ1n) is 5.44. The van der Waals surface area contributed by atoms with E-state index >= 15 is 0 Å². The highest BCUT2D eigenvalue weighted by Gasteiger charge is 2.09. The number of Topliss-reactive ketones (excluding diaryl/α,β-unsaturated/α-hetero) is 1. The standard InChI is InChI=1S/C13H18O2S/c1-4-7-16-9-13(14)12-6-5-11(15-3)8-10(12)2/h5-6,8H,4,7,9H2,1-3H3. The van der Waals surface area contributed by atoms with Crippen LogP contribution in [0.2, 0.25) is 0 Å². The monoisotopic (exact) mass is 238 g/mol. The molecule has 16 heavy (non-hydrogen) atoms. The van der Waals surface area contributed by atoms with E-state index in [1.165, 1.54) is 0 Å². The third-order valence-electron chi connectivity index (χ3n) is 2.32. The Bertz CT molecular complexity index is 361. The van der Waals surface area contributed by atoms with Crippen LogP contribution in [0.5, 0.6) is 5.75 Å². The summed E-state index contributed by atoms with van der Waals surface area (Å²) in [6, 6.07) is 5.59. The van der Waals surface area contributed by atoms with Crippen LogP contribution in [0.15, 0.2) is 18.2 Å². The van der Waals surface area contributed by atoms with Gasteiger partial charge in [-0.2, -0.15) is 11.8 Å². The van der Waals surface area contributed by atoms with Crippen molar-refractivity contribution in [3.63, 3.8) is 0 Å². The Labute approximate surface area is 101 Å². The van der Waals surface area contributed by atoms with Crippen molar-refractivity contribution >= 4 is 17.5 Å². The lowest BCUT2D eigenvalue weighted by atomic mass is 10.1. The van der Waals surface area contributed by atoms with Crippen molar-refractivity contribution in [2.24, 2.45) is 0 Å². The molecule has 0 spiro atoms. The van der Waals surface area contributed by atoms with Gasteiger partial charge in [0, 0.05) is 5.56 Å². The Morgan fingerprint density at radius 2 is 2.19 bits per heavy atom. The molecule has 0 heterocycles. The van der Waals surface area contributed by atoms with Crippen LogP contribution in [-0.4, -0.2) is 24.4 Å². The van der Waals surface area contributed by atoms with Gasteiger partial charge in [-0.15, -0.1) is 0 Å². The fraction of sp³-hybridized carbons (Fsp3) is 0.462. The van der Waals surface area contributed by atoms with Gasteiger partial charge in [-0.3, -0.25) is 4.79 Å². The number of ether oxygens (including phenoxy) is 1. The number of aryl methyl sites for hydroxylation is 1. The van der Waals surface area contributed by atoms with Gasteiger partial charge in [-0.25, -0.2) is 0 Å². The van der Waals surface area contributed by atoms with Gasteiger partial charge in [-0.1, -0.05) is 6.92 Å². The van der Waals surface area contributed by atoms with Gasteiger partial charge >= 0.3 is 0 Å². The Balaban J connectivity index is 2.68. The molecule has 0 saturated carbocycles. The summed E-state index contributed by atoms with van der Waals surface area (Å²) >= 11 is 1.69. The molecule has 1 rings (SSSR count). The maximum Gasteiger partial charge on any atom is 0.172 e. The molecule has 0 aliphatic carbocycles. The highest BCUT2D eigenvalue weighted by atomic mass is 32.2. The Morgan fingerprint density at radius 1 is 1.44 bits per heavy atom. The predicted octanol–water partition coefficient (Wildman–Crippen LogP) is 3.33. The number of carbonyl (C=O) groups is 1. The molecule has 0 aromatic heterocycles. The third-order valence-corrected chi connectivity index (χ3v) is 3.48. The maximum absolute atomic E-state index is 11.9. The van der Waals surface area contributed by atoms with E-state index < -0.39 is 0 Å². The molecule has 88 valence electrons. The molecule has 0 aliphatic heterocycles. The highest BCUT2D eigenvalue weighted by molar-refractivity contribution is 7.99. The van der Waals surface area contributed by atoms with Crippen LogP contribution in [0.25, 0.3) is 0 Å². The van der Waals surface area contributed by atoms with E-state index in [2.05, 4.69) is 6.92 Å². The van der Waals surface area contributed by atoms with Gasteiger partial charge in [0.25, 0.3) is 0 Å². The highest BCUT2D eigenvalue weighted by Crippen LogP contribution is 2.18. The predicted molar refractivity (Wildman–Crippen MR) is 69.7 cm³/mol. The van der Waals surface area contributed by atoms with Gasteiger partial charge in [0.05, 0.1) is 12.9 Å². The summed E-state index contributed by atoms with van der Waals surface area (Å²) in [5, 5.41) is 0. The fourth-order valence-corrected chi connectivity index (χ4v) is 2.24. The van der Waals surface area contributed by atoms with Crippen molar-refractivity contribution in [3.05, 3.63) is 29.3 Å². The number of hydrogen-bond acceptors (Lipinski definition) is 3. The minimum Gasteiger partial charge on any atom is -0.497 e. The number of methoxy groups -OCH3 is 1. The van der Waals surface area contributed by atoms with Gasteiger partial charge in [0.2, 0.25) is 0 Å². The summed E-state index contributed by atoms with van der Waals surface area (Å²) in [5.41, 5.74) is 1.80. The van der Waals surface area contributed by atoms with Gasteiger partial charge in [0.1, 0.15) is 5.75 Å². The van der Waals surface area contributed by atoms with Gasteiger partial charge < -0.3 is 4.74 Å². The number of rotatable bonds is 6. The van der Waals surface area contributed by atoms with E-state index in [-0.39, 0.29) is 5.78 Å². The van der Waals surface area contributed by atoms with Crippen molar-refractivity contribution in [3.8, 4) is 5.75 Å². The second-order valence-corrected chi connectivity index (χ2v) is 4.76. The molecule has 0 radical (unpaired) electrons. The summed E-state index contributed by atoms with van der Waals surface area (Å²) in [7, 11) is 1.63. The molecule has 3 heteroatoms. The van der Waals surface area contributed by atoms with E-state index in [1.54, 1.807) is 18.9 Å². The smallest absolute Gasteiger partial charge is 0.172 e. The molecule has 0 unspecified atom stereocenters.